The van der Waals surface area contributed by atoms with Gasteiger partial charge in [-0.15, -0.1) is 6.42 Å². The predicted octanol–water partition coefficient (Wildman–Crippen LogP) is 2.34. The van der Waals surface area contributed by atoms with Gasteiger partial charge in [-0.2, -0.15) is 5.10 Å². The average molecular weight is 414 g/mol. The van der Waals surface area contributed by atoms with Crippen LogP contribution in [0.2, 0.25) is 0 Å². The quantitative estimate of drug-likeness (QED) is 0.415. The molecule has 2 amide bonds. The Morgan fingerprint density at radius 2 is 2.00 bits per heavy atom. The Hall–Kier alpha value is -3.11. The molecule has 0 fully saturated rings. The molecule has 0 aliphatic rings. The zero-order valence-electron chi connectivity index (χ0n) is 13.7. The third kappa shape index (κ3) is 6.07. The molecule has 2 aromatic carbocycles. The van der Waals surface area contributed by atoms with Crippen LogP contribution in [-0.2, 0) is 4.79 Å². The van der Waals surface area contributed by atoms with E-state index in [1.54, 1.807) is 42.5 Å². The van der Waals surface area contributed by atoms with E-state index in [4.69, 9.17) is 11.2 Å². The van der Waals surface area contributed by atoms with Crippen molar-refractivity contribution < 1.29 is 14.3 Å². The Labute approximate surface area is 159 Å². The molecule has 0 heterocycles. The lowest BCUT2D eigenvalue weighted by molar-refractivity contribution is -0.120. The molecule has 2 aromatic rings. The van der Waals surface area contributed by atoms with E-state index >= 15 is 0 Å². The molecule has 6 nitrogen and oxygen atoms in total. The van der Waals surface area contributed by atoms with E-state index in [1.165, 1.54) is 6.21 Å². The van der Waals surface area contributed by atoms with Crippen LogP contribution >= 0.6 is 15.9 Å². The van der Waals surface area contributed by atoms with Crippen LogP contribution in [0.15, 0.2) is 58.1 Å². The molecule has 0 bridgehead atoms. The summed E-state index contributed by atoms with van der Waals surface area (Å²) in [6, 6.07) is 14.0. The maximum atomic E-state index is 11.9. The van der Waals surface area contributed by atoms with Crippen LogP contribution in [0.1, 0.15) is 15.9 Å². The highest BCUT2D eigenvalue weighted by molar-refractivity contribution is 9.10. The van der Waals surface area contributed by atoms with Crippen molar-refractivity contribution in [3.8, 4) is 18.1 Å². The molecule has 132 valence electrons. The largest absolute Gasteiger partial charge is 0.480 e. The first-order chi connectivity index (χ1) is 12.6. The highest BCUT2D eigenvalue weighted by atomic mass is 79.9. The van der Waals surface area contributed by atoms with Gasteiger partial charge in [0.1, 0.15) is 12.4 Å². The number of hydrazone groups is 1. The summed E-state index contributed by atoms with van der Waals surface area (Å²) in [5.41, 5.74) is 3.47. The average Bonchev–Trinajstić information content (AvgIpc) is 2.66. The number of nitrogens with one attached hydrogen (secondary N) is 2. The summed E-state index contributed by atoms with van der Waals surface area (Å²) < 4.78 is 6.24. The molecule has 0 spiro atoms. The maximum absolute atomic E-state index is 11.9. The van der Waals surface area contributed by atoms with E-state index in [-0.39, 0.29) is 19.1 Å². The van der Waals surface area contributed by atoms with E-state index < -0.39 is 5.91 Å². The van der Waals surface area contributed by atoms with Crippen LogP contribution in [-0.4, -0.2) is 31.2 Å². The fourth-order valence-electron chi connectivity index (χ4n) is 1.94. The summed E-state index contributed by atoms with van der Waals surface area (Å²) in [6.07, 6.45) is 6.62. The lowest BCUT2D eigenvalue weighted by Crippen LogP contribution is -2.34. The van der Waals surface area contributed by atoms with Crippen LogP contribution < -0.4 is 15.5 Å². The topological polar surface area (TPSA) is 79.8 Å². The van der Waals surface area contributed by atoms with E-state index in [1.807, 2.05) is 6.07 Å². The summed E-state index contributed by atoms with van der Waals surface area (Å²) >= 11 is 3.36. The fourth-order valence-corrected chi connectivity index (χ4v) is 2.32. The van der Waals surface area contributed by atoms with Gasteiger partial charge in [-0.3, -0.25) is 9.59 Å². The second-order valence-corrected chi connectivity index (χ2v) is 5.93. The van der Waals surface area contributed by atoms with Crippen molar-refractivity contribution in [2.75, 3.05) is 13.2 Å². The third-order valence-electron chi connectivity index (χ3n) is 3.12. The molecule has 0 aliphatic heterocycles. The van der Waals surface area contributed by atoms with Gasteiger partial charge in [-0.25, -0.2) is 5.43 Å². The summed E-state index contributed by atoms with van der Waals surface area (Å²) in [6.45, 7) is -0.0651. The number of hydrogen-bond donors (Lipinski definition) is 2. The number of terminal acetylenes is 1. The van der Waals surface area contributed by atoms with Crippen LogP contribution in [0.4, 0.5) is 0 Å². The SMILES string of the molecule is C#CCOc1ccc(Br)cc1C=NNC(=O)CNC(=O)c1ccccc1. The number of ether oxygens (including phenoxy) is 1. The van der Waals surface area contributed by atoms with Crippen LogP contribution in [0.5, 0.6) is 5.75 Å². The number of carbonyl (C=O) groups excluding carboxylic acids is 2. The Bertz CT molecular complexity index is 845. The van der Waals surface area contributed by atoms with Crippen molar-refractivity contribution >= 4 is 34.0 Å². The van der Waals surface area contributed by atoms with Crippen molar-refractivity contribution in [2.24, 2.45) is 5.10 Å². The molecule has 0 atom stereocenters. The van der Waals surface area contributed by atoms with Crippen LogP contribution in [0.25, 0.3) is 0 Å². The van der Waals surface area contributed by atoms with Crippen LogP contribution in [0.3, 0.4) is 0 Å². The summed E-state index contributed by atoms with van der Waals surface area (Å²) in [5.74, 6) is 2.14. The minimum absolute atomic E-state index is 0.125. The summed E-state index contributed by atoms with van der Waals surface area (Å²) in [4.78, 5) is 23.6. The summed E-state index contributed by atoms with van der Waals surface area (Å²) in [5, 5.41) is 6.39. The van der Waals surface area contributed by atoms with E-state index in [0.717, 1.165) is 4.47 Å². The lowest BCUT2D eigenvalue weighted by Gasteiger charge is -2.07. The Morgan fingerprint density at radius 1 is 1.23 bits per heavy atom. The molecule has 2 rings (SSSR count). The molecule has 0 aliphatic carbocycles. The smallest absolute Gasteiger partial charge is 0.259 e. The van der Waals surface area contributed by atoms with Gasteiger partial charge in [0.2, 0.25) is 0 Å². The zero-order valence-corrected chi connectivity index (χ0v) is 15.3. The zero-order chi connectivity index (χ0) is 18.8. The van der Waals surface area contributed by atoms with Gasteiger partial charge in [0, 0.05) is 15.6 Å². The number of halogens is 1. The molecule has 0 saturated heterocycles. The highest BCUT2D eigenvalue weighted by Gasteiger charge is 2.07. The molecular formula is C19H16BrN3O3. The molecule has 0 unspecified atom stereocenters. The Kier molecular flexibility index (Phi) is 7.40. The van der Waals surface area contributed by atoms with E-state index in [2.05, 4.69) is 37.7 Å². The molecule has 2 N–H and O–H groups in total. The van der Waals surface area contributed by atoms with Gasteiger partial charge < -0.3 is 10.1 Å². The third-order valence-corrected chi connectivity index (χ3v) is 3.61. The van der Waals surface area contributed by atoms with Crippen molar-refractivity contribution in [3.63, 3.8) is 0 Å². The van der Waals surface area contributed by atoms with Gasteiger partial charge in [0.15, 0.2) is 0 Å². The standard InChI is InChI=1S/C19H16BrN3O3/c1-2-10-26-17-9-8-16(20)11-15(17)12-22-23-18(24)13-21-19(25)14-6-4-3-5-7-14/h1,3-9,11-12H,10,13H2,(H,21,25)(H,23,24). The molecule has 0 aromatic heterocycles. The number of hydrogen-bond acceptors (Lipinski definition) is 4. The van der Waals surface area contributed by atoms with Crippen molar-refractivity contribution in [1.29, 1.82) is 0 Å². The number of carbonyl (C=O) groups is 2. The first-order valence-corrected chi connectivity index (χ1v) is 8.40. The van der Waals surface area contributed by atoms with Gasteiger partial charge >= 0.3 is 0 Å². The second-order valence-electron chi connectivity index (χ2n) is 5.02. The molecule has 0 saturated carbocycles. The van der Waals surface area contributed by atoms with Crippen molar-refractivity contribution in [3.05, 3.63) is 64.1 Å². The molecule has 7 heteroatoms. The van der Waals surface area contributed by atoms with Gasteiger partial charge in [0.05, 0.1) is 12.8 Å². The first-order valence-electron chi connectivity index (χ1n) is 7.61. The van der Waals surface area contributed by atoms with Gasteiger partial charge in [0.25, 0.3) is 11.8 Å². The van der Waals surface area contributed by atoms with E-state index in [9.17, 15) is 9.59 Å². The van der Waals surface area contributed by atoms with Gasteiger partial charge in [-0.1, -0.05) is 40.0 Å². The van der Waals surface area contributed by atoms with Crippen LogP contribution in [0, 0.1) is 12.3 Å². The van der Waals surface area contributed by atoms with Gasteiger partial charge in [-0.05, 0) is 30.3 Å². The van der Waals surface area contributed by atoms with Crippen molar-refractivity contribution in [1.82, 2.24) is 10.7 Å². The Morgan fingerprint density at radius 3 is 2.73 bits per heavy atom. The molecule has 26 heavy (non-hydrogen) atoms. The monoisotopic (exact) mass is 413 g/mol. The highest BCUT2D eigenvalue weighted by Crippen LogP contribution is 2.21. The first kappa shape index (κ1) is 19.2. The normalized spacial score (nSPS) is 10.2. The number of amides is 2. The molecular weight excluding hydrogens is 398 g/mol. The molecule has 0 radical (unpaired) electrons. The minimum Gasteiger partial charge on any atom is -0.480 e. The minimum atomic E-state index is -0.452. The maximum Gasteiger partial charge on any atom is 0.259 e. The van der Waals surface area contributed by atoms with Crippen molar-refractivity contribution in [2.45, 2.75) is 0 Å². The summed E-state index contributed by atoms with van der Waals surface area (Å²) in [7, 11) is 0. The second kappa shape index (κ2) is 10.0. The van der Waals surface area contributed by atoms with E-state index in [0.29, 0.717) is 16.9 Å². The number of benzene rings is 2. The predicted molar refractivity (Wildman–Crippen MR) is 103 cm³/mol. The Balaban J connectivity index is 1.88. The number of nitrogens with zero attached hydrogens (tertiary/aromatic N) is 1. The lowest BCUT2D eigenvalue weighted by atomic mass is 10.2. The number of rotatable bonds is 7. The fraction of sp³-hybridized carbons (Fsp3) is 0.105.